The Balaban J connectivity index is 2.15. The van der Waals surface area contributed by atoms with E-state index in [0.29, 0.717) is 0 Å². The molecule has 2 rings (SSSR count). The van der Waals surface area contributed by atoms with Gasteiger partial charge in [-0.2, -0.15) is 0 Å². The highest BCUT2D eigenvalue weighted by Gasteiger charge is 2.03. The summed E-state index contributed by atoms with van der Waals surface area (Å²) < 4.78 is 0. The van der Waals surface area contributed by atoms with Crippen LogP contribution in [-0.4, -0.2) is 9.97 Å². The summed E-state index contributed by atoms with van der Waals surface area (Å²) in [5.41, 5.74) is 8.53. The fraction of sp³-hybridized carbons (Fsp3) is 0.308. The van der Waals surface area contributed by atoms with Gasteiger partial charge >= 0.3 is 0 Å². The first-order valence-corrected chi connectivity index (χ1v) is 5.70. The van der Waals surface area contributed by atoms with Crippen molar-refractivity contribution in [2.24, 2.45) is 0 Å². The van der Waals surface area contributed by atoms with Crippen LogP contribution in [0.25, 0.3) is 11.3 Å². The summed E-state index contributed by atoms with van der Waals surface area (Å²) in [4.78, 5) is 7.76. The summed E-state index contributed by atoms with van der Waals surface area (Å²) in [5.74, 6) is 1.06. The number of rotatable bonds is 4. The number of nitrogen functional groups attached to an aromatic ring is 1. The van der Waals surface area contributed by atoms with Gasteiger partial charge in [-0.05, 0) is 18.6 Å². The van der Waals surface area contributed by atoms with Crippen molar-refractivity contribution in [3.8, 4) is 11.3 Å². The van der Waals surface area contributed by atoms with Crippen molar-refractivity contribution in [2.45, 2.75) is 26.2 Å². The third-order valence-corrected chi connectivity index (χ3v) is 2.60. The molecule has 1 aromatic heterocycles. The molecule has 1 heterocycles. The van der Waals surface area contributed by atoms with Crippen LogP contribution in [0.1, 0.15) is 25.6 Å². The highest BCUT2D eigenvalue weighted by Crippen LogP contribution is 2.18. The molecule has 0 amide bonds. The highest BCUT2D eigenvalue weighted by atomic mass is 14.9. The van der Waals surface area contributed by atoms with Gasteiger partial charge in [0.2, 0.25) is 0 Å². The second kappa shape index (κ2) is 4.84. The lowest BCUT2D eigenvalue weighted by molar-refractivity contribution is 0.763. The lowest BCUT2D eigenvalue weighted by atomic mass is 10.1. The van der Waals surface area contributed by atoms with Crippen LogP contribution in [0.3, 0.4) is 0 Å². The van der Waals surface area contributed by atoms with Crippen LogP contribution in [0.5, 0.6) is 0 Å². The van der Waals surface area contributed by atoms with Gasteiger partial charge in [-0.25, -0.2) is 4.98 Å². The van der Waals surface area contributed by atoms with Crippen molar-refractivity contribution in [1.82, 2.24) is 9.97 Å². The maximum absolute atomic E-state index is 5.65. The molecule has 84 valence electrons. The molecule has 0 saturated heterocycles. The maximum atomic E-state index is 5.65. The molecule has 0 bridgehead atoms. The first-order chi connectivity index (χ1) is 7.79. The average Bonchev–Trinajstić information content (AvgIpc) is 2.76. The minimum Gasteiger partial charge on any atom is -0.399 e. The van der Waals surface area contributed by atoms with Crippen LogP contribution < -0.4 is 5.73 Å². The molecule has 1 aromatic carbocycles. The predicted molar refractivity (Wildman–Crippen MR) is 67.0 cm³/mol. The highest BCUT2D eigenvalue weighted by molar-refractivity contribution is 5.61. The maximum Gasteiger partial charge on any atom is 0.106 e. The zero-order valence-electron chi connectivity index (χ0n) is 9.53. The number of hydrogen-bond donors (Lipinski definition) is 2. The van der Waals surface area contributed by atoms with Gasteiger partial charge in [0.1, 0.15) is 5.82 Å². The second-order valence-electron chi connectivity index (χ2n) is 3.96. The molecule has 0 spiro atoms. The molecule has 2 aromatic rings. The number of unbranched alkanes of at least 4 members (excludes halogenated alkanes) is 1. The third-order valence-electron chi connectivity index (χ3n) is 2.60. The standard InChI is InChI=1S/C13H17N3/c1-2-3-4-13-15-9-12(16-13)10-5-7-11(14)8-6-10/h5-9H,2-4,14H2,1H3,(H,15,16). The van der Waals surface area contributed by atoms with Crippen LogP contribution in [0.2, 0.25) is 0 Å². The van der Waals surface area contributed by atoms with E-state index >= 15 is 0 Å². The first-order valence-electron chi connectivity index (χ1n) is 5.70. The van der Waals surface area contributed by atoms with Gasteiger partial charge in [-0.15, -0.1) is 0 Å². The van der Waals surface area contributed by atoms with Crippen molar-refractivity contribution >= 4 is 5.69 Å². The van der Waals surface area contributed by atoms with Gasteiger partial charge in [-0.1, -0.05) is 25.5 Å². The summed E-state index contributed by atoms with van der Waals surface area (Å²) in [5, 5.41) is 0. The lowest BCUT2D eigenvalue weighted by Gasteiger charge is -1.97. The molecule has 0 aliphatic heterocycles. The topological polar surface area (TPSA) is 54.7 Å². The van der Waals surface area contributed by atoms with E-state index in [-0.39, 0.29) is 0 Å². The Morgan fingerprint density at radius 1 is 1.25 bits per heavy atom. The largest absolute Gasteiger partial charge is 0.399 e. The molecular weight excluding hydrogens is 198 g/mol. The van der Waals surface area contributed by atoms with Crippen LogP contribution in [-0.2, 0) is 6.42 Å². The van der Waals surface area contributed by atoms with Gasteiger partial charge in [0.25, 0.3) is 0 Å². The van der Waals surface area contributed by atoms with Gasteiger partial charge in [0.05, 0.1) is 5.69 Å². The summed E-state index contributed by atoms with van der Waals surface area (Å²) in [6.07, 6.45) is 5.34. The molecule has 16 heavy (non-hydrogen) atoms. The molecule has 0 unspecified atom stereocenters. The Morgan fingerprint density at radius 3 is 2.69 bits per heavy atom. The molecular formula is C13H17N3. The van der Waals surface area contributed by atoms with Gasteiger partial charge in [0.15, 0.2) is 0 Å². The minimum absolute atomic E-state index is 0.783. The number of H-pyrrole nitrogens is 1. The van der Waals surface area contributed by atoms with E-state index in [0.717, 1.165) is 29.2 Å². The summed E-state index contributed by atoms with van der Waals surface area (Å²) in [7, 11) is 0. The van der Waals surface area contributed by atoms with E-state index in [9.17, 15) is 0 Å². The number of hydrogen-bond acceptors (Lipinski definition) is 2. The van der Waals surface area contributed by atoms with Crippen LogP contribution in [0, 0.1) is 0 Å². The number of nitrogens with one attached hydrogen (secondary N) is 1. The number of aromatic amines is 1. The molecule has 0 fully saturated rings. The monoisotopic (exact) mass is 215 g/mol. The quantitative estimate of drug-likeness (QED) is 0.770. The van der Waals surface area contributed by atoms with Crippen molar-refractivity contribution in [3.05, 3.63) is 36.3 Å². The summed E-state index contributed by atoms with van der Waals surface area (Å²) >= 11 is 0. The average molecular weight is 215 g/mol. The molecule has 0 aliphatic rings. The number of anilines is 1. The van der Waals surface area contributed by atoms with E-state index < -0.39 is 0 Å². The van der Waals surface area contributed by atoms with E-state index in [2.05, 4.69) is 16.9 Å². The second-order valence-corrected chi connectivity index (χ2v) is 3.96. The SMILES string of the molecule is CCCCc1nc(-c2ccc(N)cc2)c[nH]1. The smallest absolute Gasteiger partial charge is 0.106 e. The number of benzene rings is 1. The number of imidazole rings is 1. The van der Waals surface area contributed by atoms with Gasteiger partial charge in [-0.3, -0.25) is 0 Å². The molecule has 0 radical (unpaired) electrons. The fourth-order valence-corrected chi connectivity index (χ4v) is 1.64. The lowest BCUT2D eigenvalue weighted by Crippen LogP contribution is -1.87. The van der Waals surface area contributed by atoms with E-state index in [4.69, 9.17) is 5.73 Å². The van der Waals surface area contributed by atoms with Crippen molar-refractivity contribution in [1.29, 1.82) is 0 Å². The van der Waals surface area contributed by atoms with Gasteiger partial charge < -0.3 is 10.7 Å². The first kappa shape index (κ1) is 10.7. The summed E-state index contributed by atoms with van der Waals surface area (Å²) in [6.45, 7) is 2.18. The number of aromatic nitrogens is 2. The molecule has 0 atom stereocenters. The minimum atomic E-state index is 0.783. The van der Waals surface area contributed by atoms with E-state index in [1.54, 1.807) is 0 Å². The normalized spacial score (nSPS) is 10.6. The van der Waals surface area contributed by atoms with E-state index in [1.165, 1.54) is 12.8 Å². The molecule has 0 aliphatic carbocycles. The Morgan fingerprint density at radius 2 is 2.00 bits per heavy atom. The fourth-order valence-electron chi connectivity index (χ4n) is 1.64. The summed E-state index contributed by atoms with van der Waals surface area (Å²) in [6, 6.07) is 7.79. The zero-order chi connectivity index (χ0) is 11.4. The number of aryl methyl sites for hydroxylation is 1. The van der Waals surface area contributed by atoms with Crippen LogP contribution in [0.15, 0.2) is 30.5 Å². The van der Waals surface area contributed by atoms with Gasteiger partial charge in [0, 0.05) is 23.9 Å². The molecule has 3 N–H and O–H groups in total. The zero-order valence-corrected chi connectivity index (χ0v) is 9.53. The molecule has 3 nitrogen and oxygen atoms in total. The number of nitrogens with zero attached hydrogens (tertiary/aromatic N) is 1. The Bertz CT molecular complexity index is 442. The molecule has 3 heteroatoms. The molecule has 0 saturated carbocycles. The van der Waals surface area contributed by atoms with Crippen LogP contribution in [0.4, 0.5) is 5.69 Å². The van der Waals surface area contributed by atoms with Crippen molar-refractivity contribution in [3.63, 3.8) is 0 Å². The Labute approximate surface area is 95.7 Å². The van der Waals surface area contributed by atoms with Crippen LogP contribution >= 0.6 is 0 Å². The Hall–Kier alpha value is -1.77. The van der Waals surface area contributed by atoms with Crippen molar-refractivity contribution in [2.75, 3.05) is 5.73 Å². The van der Waals surface area contributed by atoms with Crippen molar-refractivity contribution < 1.29 is 0 Å². The Kier molecular flexibility index (Phi) is 3.25. The number of nitrogens with two attached hydrogens (primary N) is 1. The third kappa shape index (κ3) is 2.42. The predicted octanol–water partition coefficient (Wildman–Crippen LogP) is 3.00. The van der Waals surface area contributed by atoms with E-state index in [1.807, 2.05) is 30.5 Å².